The van der Waals surface area contributed by atoms with Crippen molar-refractivity contribution in [3.63, 3.8) is 0 Å². The lowest BCUT2D eigenvalue weighted by molar-refractivity contribution is 0.0941. The average Bonchev–Trinajstić information content (AvgIpc) is 2.43. The first-order valence-electron chi connectivity index (χ1n) is 6.53. The van der Waals surface area contributed by atoms with E-state index in [1.54, 1.807) is 24.3 Å². The molecule has 0 aliphatic carbocycles. The molecule has 0 aliphatic heterocycles. The zero-order valence-corrected chi connectivity index (χ0v) is 11.4. The van der Waals surface area contributed by atoms with Gasteiger partial charge in [-0.3, -0.25) is 4.79 Å². The first-order valence-corrected chi connectivity index (χ1v) is 6.53. The lowest BCUT2D eigenvalue weighted by atomic mass is 9.78. The fraction of sp³-hybridized carbons (Fsp3) is 0.462. The van der Waals surface area contributed by atoms with E-state index < -0.39 is 13.1 Å². The molecule has 6 heteroatoms. The quantitative estimate of drug-likeness (QED) is 0.612. The van der Waals surface area contributed by atoms with E-state index >= 15 is 0 Å². The zero-order chi connectivity index (χ0) is 14.3. The van der Waals surface area contributed by atoms with Crippen molar-refractivity contribution < 1.29 is 14.8 Å². The van der Waals surface area contributed by atoms with Gasteiger partial charge in [0.25, 0.3) is 5.91 Å². The van der Waals surface area contributed by atoms with E-state index in [4.69, 9.17) is 0 Å². The van der Waals surface area contributed by atoms with E-state index in [2.05, 4.69) is 5.32 Å². The standard InChI is InChI=1S/C13H21BN2O3/c1-3-16(4-2)12(14(18)19)10-15-13(17)11-8-6-5-7-9-11/h5-9,12,18-19H,3-4,10H2,1-2H3,(H,15,17)/t12-/m0/s1. The summed E-state index contributed by atoms with van der Waals surface area (Å²) in [6.45, 7) is 5.48. The van der Waals surface area contributed by atoms with Gasteiger partial charge in [0.2, 0.25) is 0 Å². The average molecular weight is 264 g/mol. The SMILES string of the molecule is CCN(CC)[C@@H](CNC(=O)c1ccccc1)B(O)O. The van der Waals surface area contributed by atoms with E-state index in [0.29, 0.717) is 18.7 Å². The minimum atomic E-state index is -1.48. The van der Waals surface area contributed by atoms with E-state index in [1.165, 1.54) is 0 Å². The molecule has 1 amide bonds. The van der Waals surface area contributed by atoms with Crippen molar-refractivity contribution in [3.8, 4) is 0 Å². The lowest BCUT2D eigenvalue weighted by Gasteiger charge is -2.29. The molecule has 1 aromatic rings. The number of nitrogens with zero attached hydrogens (tertiary/aromatic N) is 1. The first-order chi connectivity index (χ1) is 9.10. The molecule has 0 unspecified atom stereocenters. The van der Waals surface area contributed by atoms with Crippen molar-refractivity contribution in [3.05, 3.63) is 35.9 Å². The fourth-order valence-electron chi connectivity index (χ4n) is 2.00. The van der Waals surface area contributed by atoms with Gasteiger partial charge in [0.15, 0.2) is 0 Å². The van der Waals surface area contributed by atoms with E-state index in [1.807, 2.05) is 24.8 Å². The predicted molar refractivity (Wildman–Crippen MR) is 75.7 cm³/mol. The zero-order valence-electron chi connectivity index (χ0n) is 11.4. The smallest absolute Gasteiger partial charge is 0.426 e. The Morgan fingerprint density at radius 2 is 1.84 bits per heavy atom. The Morgan fingerprint density at radius 3 is 2.32 bits per heavy atom. The number of amides is 1. The normalized spacial score (nSPS) is 12.3. The summed E-state index contributed by atoms with van der Waals surface area (Å²) in [4.78, 5) is 13.8. The Bertz CT molecular complexity index is 383. The maximum atomic E-state index is 11.9. The number of hydrogen-bond acceptors (Lipinski definition) is 4. The van der Waals surface area contributed by atoms with Gasteiger partial charge in [-0.05, 0) is 25.2 Å². The van der Waals surface area contributed by atoms with Gasteiger partial charge in [0, 0.05) is 12.1 Å². The van der Waals surface area contributed by atoms with Crippen molar-refractivity contribution in [1.29, 1.82) is 0 Å². The fourth-order valence-corrected chi connectivity index (χ4v) is 2.00. The van der Waals surface area contributed by atoms with Crippen LogP contribution in [0.4, 0.5) is 0 Å². The molecule has 0 aliphatic rings. The molecule has 0 spiro atoms. The molecular formula is C13H21BN2O3. The van der Waals surface area contributed by atoms with Crippen LogP contribution in [0.2, 0.25) is 0 Å². The molecule has 0 saturated heterocycles. The Balaban J connectivity index is 2.59. The van der Waals surface area contributed by atoms with Crippen LogP contribution >= 0.6 is 0 Å². The summed E-state index contributed by atoms with van der Waals surface area (Å²) < 4.78 is 0. The highest BCUT2D eigenvalue weighted by Crippen LogP contribution is 2.02. The highest BCUT2D eigenvalue weighted by atomic mass is 16.4. The minimum Gasteiger partial charge on any atom is -0.426 e. The second-order valence-corrected chi connectivity index (χ2v) is 4.28. The summed E-state index contributed by atoms with van der Waals surface area (Å²) in [7, 11) is -1.48. The molecule has 1 aromatic carbocycles. The van der Waals surface area contributed by atoms with Crippen LogP contribution in [-0.2, 0) is 0 Å². The van der Waals surface area contributed by atoms with Gasteiger partial charge in [-0.1, -0.05) is 32.0 Å². The molecule has 1 rings (SSSR count). The second-order valence-electron chi connectivity index (χ2n) is 4.28. The van der Waals surface area contributed by atoms with Crippen LogP contribution < -0.4 is 5.32 Å². The molecule has 0 bridgehead atoms. The van der Waals surface area contributed by atoms with Gasteiger partial charge in [0.05, 0.1) is 5.94 Å². The summed E-state index contributed by atoms with van der Waals surface area (Å²) in [6.07, 6.45) is 0. The van der Waals surface area contributed by atoms with Crippen LogP contribution in [0, 0.1) is 0 Å². The van der Waals surface area contributed by atoms with Crippen LogP contribution in [0.1, 0.15) is 24.2 Å². The summed E-state index contributed by atoms with van der Waals surface area (Å²) in [5.41, 5.74) is 0.563. The van der Waals surface area contributed by atoms with E-state index in [9.17, 15) is 14.8 Å². The third-order valence-electron chi connectivity index (χ3n) is 3.13. The van der Waals surface area contributed by atoms with Crippen LogP contribution in [0.3, 0.4) is 0 Å². The van der Waals surface area contributed by atoms with Crippen molar-refractivity contribution in [2.45, 2.75) is 19.8 Å². The number of carbonyl (C=O) groups excluding carboxylic acids is 1. The van der Waals surface area contributed by atoms with Crippen LogP contribution in [0.25, 0.3) is 0 Å². The summed E-state index contributed by atoms with van der Waals surface area (Å²) in [5, 5.41) is 21.5. The molecule has 0 aromatic heterocycles. The van der Waals surface area contributed by atoms with Crippen LogP contribution in [0.15, 0.2) is 30.3 Å². The Hall–Kier alpha value is -1.37. The van der Waals surface area contributed by atoms with Gasteiger partial charge >= 0.3 is 7.12 Å². The molecule has 0 fully saturated rings. The van der Waals surface area contributed by atoms with Gasteiger partial charge in [-0.2, -0.15) is 0 Å². The summed E-state index contributed by atoms with van der Waals surface area (Å²) >= 11 is 0. The highest BCUT2D eigenvalue weighted by Gasteiger charge is 2.28. The Kier molecular flexibility index (Phi) is 6.55. The summed E-state index contributed by atoms with van der Waals surface area (Å²) in [6, 6.07) is 8.86. The molecule has 104 valence electrons. The van der Waals surface area contributed by atoms with Crippen molar-refractivity contribution in [2.24, 2.45) is 0 Å². The highest BCUT2D eigenvalue weighted by molar-refractivity contribution is 6.43. The van der Waals surface area contributed by atoms with Crippen LogP contribution in [-0.4, -0.2) is 53.5 Å². The monoisotopic (exact) mass is 264 g/mol. The van der Waals surface area contributed by atoms with E-state index in [-0.39, 0.29) is 12.5 Å². The van der Waals surface area contributed by atoms with Gasteiger partial charge in [-0.25, -0.2) is 0 Å². The molecule has 19 heavy (non-hydrogen) atoms. The van der Waals surface area contributed by atoms with Gasteiger partial charge in [-0.15, -0.1) is 0 Å². The number of hydrogen-bond donors (Lipinski definition) is 3. The molecule has 1 atom stereocenters. The second kappa shape index (κ2) is 7.94. The Labute approximate surface area is 114 Å². The number of likely N-dealkylation sites (N-methyl/N-ethyl adjacent to an activating group) is 1. The maximum absolute atomic E-state index is 11.9. The van der Waals surface area contributed by atoms with Crippen molar-refractivity contribution in [2.75, 3.05) is 19.6 Å². The number of rotatable bonds is 7. The maximum Gasteiger partial charge on any atom is 0.471 e. The molecule has 0 radical (unpaired) electrons. The third-order valence-corrected chi connectivity index (χ3v) is 3.13. The Morgan fingerprint density at radius 1 is 1.26 bits per heavy atom. The van der Waals surface area contributed by atoms with E-state index in [0.717, 1.165) is 0 Å². The predicted octanol–water partition coefficient (Wildman–Crippen LogP) is 0.139. The minimum absolute atomic E-state index is 0.201. The third kappa shape index (κ3) is 4.67. The van der Waals surface area contributed by atoms with Gasteiger partial charge in [0.1, 0.15) is 0 Å². The van der Waals surface area contributed by atoms with Crippen LogP contribution in [0.5, 0.6) is 0 Å². The molecule has 5 nitrogen and oxygen atoms in total. The van der Waals surface area contributed by atoms with Crippen molar-refractivity contribution >= 4 is 13.0 Å². The first kappa shape index (κ1) is 15.7. The molecular weight excluding hydrogens is 243 g/mol. The molecule has 0 saturated carbocycles. The number of nitrogens with one attached hydrogen (secondary N) is 1. The summed E-state index contributed by atoms with van der Waals surface area (Å²) in [5.74, 6) is -0.707. The van der Waals surface area contributed by atoms with Gasteiger partial charge < -0.3 is 20.3 Å². The topological polar surface area (TPSA) is 72.8 Å². The largest absolute Gasteiger partial charge is 0.471 e. The molecule has 3 N–H and O–H groups in total. The lowest BCUT2D eigenvalue weighted by Crippen LogP contribution is -2.53. The van der Waals surface area contributed by atoms with Crippen molar-refractivity contribution in [1.82, 2.24) is 10.2 Å². The number of carbonyl (C=O) groups is 1. The molecule has 0 heterocycles. The number of benzene rings is 1.